The highest BCUT2D eigenvalue weighted by Crippen LogP contribution is 2.29. The van der Waals surface area contributed by atoms with E-state index in [1.54, 1.807) is 17.0 Å². The molecule has 0 aromatic heterocycles. The Morgan fingerprint density at radius 3 is 2.67 bits per heavy atom. The lowest BCUT2D eigenvalue weighted by molar-refractivity contribution is -0.118. The van der Waals surface area contributed by atoms with E-state index in [1.165, 1.54) is 0 Å². The second kappa shape index (κ2) is 5.47. The van der Waals surface area contributed by atoms with Crippen molar-refractivity contribution in [1.29, 1.82) is 0 Å². The van der Waals surface area contributed by atoms with E-state index in [0.29, 0.717) is 22.6 Å². The van der Waals surface area contributed by atoms with Gasteiger partial charge in [-0.1, -0.05) is 37.0 Å². The summed E-state index contributed by atoms with van der Waals surface area (Å²) < 4.78 is 0. The number of carbonyl (C=O) groups is 1. The lowest BCUT2D eigenvalue weighted by Gasteiger charge is -2.18. The molecule has 1 fully saturated rings. The molecule has 98 valence electrons. The second-order valence-electron chi connectivity index (χ2n) is 4.75. The number of hydrogen-bond acceptors (Lipinski definition) is 2. The Morgan fingerprint density at radius 2 is 2.06 bits per heavy atom. The highest BCUT2D eigenvalue weighted by atomic mass is 35.5. The van der Waals surface area contributed by atoms with Gasteiger partial charge in [0, 0.05) is 18.3 Å². The average molecular weight is 287 g/mol. The van der Waals surface area contributed by atoms with Gasteiger partial charge >= 0.3 is 0 Å². The third kappa shape index (κ3) is 2.79. The first-order valence-corrected chi connectivity index (χ1v) is 6.77. The van der Waals surface area contributed by atoms with Crippen LogP contribution in [0.3, 0.4) is 0 Å². The summed E-state index contributed by atoms with van der Waals surface area (Å²) in [4.78, 5) is 14.0. The summed E-state index contributed by atoms with van der Waals surface area (Å²) in [5, 5.41) is 4.24. The van der Waals surface area contributed by atoms with Crippen LogP contribution in [0.1, 0.15) is 20.3 Å². The molecular formula is C13H16Cl2N2O. The van der Waals surface area contributed by atoms with E-state index in [2.05, 4.69) is 5.32 Å². The van der Waals surface area contributed by atoms with Gasteiger partial charge in [-0.05, 0) is 24.6 Å². The monoisotopic (exact) mass is 286 g/mol. The van der Waals surface area contributed by atoms with Crippen molar-refractivity contribution < 1.29 is 4.79 Å². The topological polar surface area (TPSA) is 32.3 Å². The van der Waals surface area contributed by atoms with Crippen LogP contribution in [-0.2, 0) is 4.79 Å². The number of anilines is 1. The third-order valence-electron chi connectivity index (χ3n) is 2.95. The van der Waals surface area contributed by atoms with Crippen molar-refractivity contribution in [3.8, 4) is 0 Å². The molecular weight excluding hydrogens is 271 g/mol. The summed E-state index contributed by atoms with van der Waals surface area (Å²) in [6, 6.07) is 5.48. The van der Waals surface area contributed by atoms with Crippen molar-refractivity contribution in [2.75, 3.05) is 11.4 Å². The highest BCUT2D eigenvalue weighted by molar-refractivity contribution is 6.42. The Morgan fingerprint density at radius 1 is 1.33 bits per heavy atom. The fourth-order valence-corrected chi connectivity index (χ4v) is 2.44. The maximum atomic E-state index is 12.2. The normalized spacial score (nSPS) is 19.9. The second-order valence-corrected chi connectivity index (χ2v) is 5.57. The number of carbonyl (C=O) groups excluding carboxylic acids is 1. The molecule has 0 spiro atoms. The van der Waals surface area contributed by atoms with E-state index in [4.69, 9.17) is 23.2 Å². The minimum absolute atomic E-state index is 0.0977. The van der Waals surface area contributed by atoms with Gasteiger partial charge in [0.05, 0.1) is 16.1 Å². The van der Waals surface area contributed by atoms with Crippen LogP contribution in [0, 0.1) is 0 Å². The molecule has 1 aliphatic rings. The highest BCUT2D eigenvalue weighted by Gasteiger charge is 2.32. The molecule has 1 amide bonds. The van der Waals surface area contributed by atoms with E-state index in [9.17, 15) is 4.79 Å². The first-order chi connectivity index (χ1) is 8.49. The standard InChI is InChI=1S/C13H16Cl2N2O/c1-8(2)16-12-5-6-17(13(12)18)9-3-4-10(14)11(15)7-9/h3-4,7-8,12,16H,5-6H2,1-2H3. The molecule has 1 aromatic carbocycles. The fourth-order valence-electron chi connectivity index (χ4n) is 2.15. The van der Waals surface area contributed by atoms with Crippen LogP contribution >= 0.6 is 23.2 Å². The molecule has 0 aliphatic carbocycles. The van der Waals surface area contributed by atoms with Gasteiger partial charge in [-0.25, -0.2) is 0 Å². The molecule has 1 unspecified atom stereocenters. The van der Waals surface area contributed by atoms with E-state index in [-0.39, 0.29) is 11.9 Å². The minimum atomic E-state index is -0.0977. The summed E-state index contributed by atoms with van der Waals surface area (Å²) in [5.41, 5.74) is 0.808. The quantitative estimate of drug-likeness (QED) is 0.926. The molecule has 18 heavy (non-hydrogen) atoms. The Hall–Kier alpha value is -0.770. The van der Waals surface area contributed by atoms with Gasteiger partial charge in [0.1, 0.15) is 0 Å². The maximum absolute atomic E-state index is 12.2. The Balaban J connectivity index is 2.15. The largest absolute Gasteiger partial charge is 0.311 e. The summed E-state index contributed by atoms with van der Waals surface area (Å²) in [6.45, 7) is 4.78. The molecule has 1 aliphatic heterocycles. The first-order valence-electron chi connectivity index (χ1n) is 6.01. The molecule has 1 aromatic rings. The lowest BCUT2D eigenvalue weighted by Crippen LogP contribution is -2.41. The van der Waals surface area contributed by atoms with Crippen molar-refractivity contribution >= 4 is 34.8 Å². The van der Waals surface area contributed by atoms with E-state index < -0.39 is 0 Å². The molecule has 0 radical (unpaired) electrons. The van der Waals surface area contributed by atoms with E-state index in [0.717, 1.165) is 12.1 Å². The number of amides is 1. The summed E-state index contributed by atoms with van der Waals surface area (Å²) >= 11 is 11.8. The number of benzene rings is 1. The van der Waals surface area contributed by atoms with Crippen LogP contribution in [0.5, 0.6) is 0 Å². The SMILES string of the molecule is CC(C)NC1CCN(c2ccc(Cl)c(Cl)c2)C1=O. The van der Waals surface area contributed by atoms with Crippen molar-refractivity contribution in [3.63, 3.8) is 0 Å². The van der Waals surface area contributed by atoms with E-state index in [1.807, 2.05) is 19.9 Å². The third-order valence-corrected chi connectivity index (χ3v) is 3.69. The molecule has 2 rings (SSSR count). The predicted octanol–water partition coefficient (Wildman–Crippen LogP) is 3.10. The van der Waals surface area contributed by atoms with Gasteiger partial charge in [0.15, 0.2) is 0 Å². The van der Waals surface area contributed by atoms with Gasteiger partial charge in [0.25, 0.3) is 0 Å². The van der Waals surface area contributed by atoms with Gasteiger partial charge in [-0.3, -0.25) is 4.79 Å². The van der Waals surface area contributed by atoms with Crippen LogP contribution in [0.2, 0.25) is 10.0 Å². The Labute approximate surface area is 117 Å². The smallest absolute Gasteiger partial charge is 0.244 e. The van der Waals surface area contributed by atoms with Gasteiger partial charge in [-0.2, -0.15) is 0 Å². The number of rotatable bonds is 3. The van der Waals surface area contributed by atoms with Crippen LogP contribution in [-0.4, -0.2) is 24.5 Å². The number of hydrogen-bond donors (Lipinski definition) is 1. The number of halogens is 2. The van der Waals surface area contributed by atoms with Gasteiger partial charge < -0.3 is 10.2 Å². The van der Waals surface area contributed by atoms with Crippen molar-refractivity contribution in [1.82, 2.24) is 5.32 Å². The summed E-state index contributed by atoms with van der Waals surface area (Å²) in [5.74, 6) is 0.0992. The number of nitrogens with zero attached hydrogens (tertiary/aromatic N) is 1. The van der Waals surface area contributed by atoms with Crippen LogP contribution in [0.4, 0.5) is 5.69 Å². The zero-order valence-electron chi connectivity index (χ0n) is 10.4. The van der Waals surface area contributed by atoms with Gasteiger partial charge in [0.2, 0.25) is 5.91 Å². The summed E-state index contributed by atoms with van der Waals surface area (Å²) in [7, 11) is 0. The average Bonchev–Trinajstić information content (AvgIpc) is 2.64. The molecule has 1 N–H and O–H groups in total. The zero-order chi connectivity index (χ0) is 13.3. The molecule has 5 heteroatoms. The fraction of sp³-hybridized carbons (Fsp3) is 0.462. The predicted molar refractivity (Wildman–Crippen MR) is 75.5 cm³/mol. The lowest BCUT2D eigenvalue weighted by atomic mass is 10.2. The van der Waals surface area contributed by atoms with Crippen LogP contribution < -0.4 is 10.2 Å². The number of nitrogens with one attached hydrogen (secondary N) is 1. The van der Waals surface area contributed by atoms with Gasteiger partial charge in [-0.15, -0.1) is 0 Å². The Kier molecular flexibility index (Phi) is 4.15. The molecule has 0 bridgehead atoms. The molecule has 1 saturated heterocycles. The van der Waals surface area contributed by atoms with Crippen LogP contribution in [0.25, 0.3) is 0 Å². The maximum Gasteiger partial charge on any atom is 0.244 e. The van der Waals surface area contributed by atoms with Crippen molar-refractivity contribution in [3.05, 3.63) is 28.2 Å². The van der Waals surface area contributed by atoms with E-state index >= 15 is 0 Å². The van der Waals surface area contributed by atoms with Crippen molar-refractivity contribution in [2.24, 2.45) is 0 Å². The molecule has 1 atom stereocenters. The summed E-state index contributed by atoms with van der Waals surface area (Å²) in [6.07, 6.45) is 0.817. The first kappa shape index (κ1) is 13.7. The van der Waals surface area contributed by atoms with Crippen molar-refractivity contribution in [2.45, 2.75) is 32.4 Å². The zero-order valence-corrected chi connectivity index (χ0v) is 11.9. The van der Waals surface area contributed by atoms with Crippen LogP contribution in [0.15, 0.2) is 18.2 Å². The minimum Gasteiger partial charge on any atom is -0.311 e. The molecule has 3 nitrogen and oxygen atoms in total. The molecule has 1 heterocycles. The Bertz CT molecular complexity index is 462. The molecule has 0 saturated carbocycles.